The molecule has 106 valence electrons. The molecule has 0 bridgehead atoms. The molecule has 3 N–H and O–H groups in total. The lowest BCUT2D eigenvalue weighted by atomic mass is 10.1. The predicted molar refractivity (Wildman–Crippen MR) is 81.5 cm³/mol. The average molecular weight is 280 g/mol. The molecule has 2 rings (SSSR count). The summed E-state index contributed by atoms with van der Waals surface area (Å²) in [6.45, 7) is 4.70. The second kappa shape index (κ2) is 6.89. The third-order valence-electron chi connectivity index (χ3n) is 3.60. The van der Waals surface area contributed by atoms with Gasteiger partial charge in [0, 0.05) is 10.9 Å². The van der Waals surface area contributed by atoms with Crippen LogP contribution in [0.4, 0.5) is 0 Å². The van der Waals surface area contributed by atoms with Gasteiger partial charge in [0.1, 0.15) is 0 Å². The third kappa shape index (κ3) is 4.49. The third-order valence-corrected chi connectivity index (χ3v) is 4.66. The Hall–Kier alpha value is -1.10. The summed E-state index contributed by atoms with van der Waals surface area (Å²) in [5.74, 6) is 0.581. The van der Waals surface area contributed by atoms with Crippen LogP contribution in [0.25, 0.3) is 0 Å². The van der Waals surface area contributed by atoms with Gasteiger partial charge in [-0.2, -0.15) is 0 Å². The molecule has 5 heteroatoms. The van der Waals surface area contributed by atoms with Gasteiger partial charge in [0.15, 0.2) is 5.96 Å². The van der Waals surface area contributed by atoms with Gasteiger partial charge in [-0.3, -0.25) is 0 Å². The zero-order valence-electron chi connectivity index (χ0n) is 11.9. The van der Waals surface area contributed by atoms with E-state index in [0.29, 0.717) is 18.5 Å². The van der Waals surface area contributed by atoms with Gasteiger partial charge in [0.25, 0.3) is 0 Å². The Balaban J connectivity index is 1.86. The Morgan fingerprint density at radius 2 is 2.00 bits per heavy atom. The first-order valence-electron chi connectivity index (χ1n) is 7.14. The zero-order chi connectivity index (χ0) is 13.7. The smallest absolute Gasteiger partial charge is 0.189 e. The highest BCUT2D eigenvalue weighted by atomic mass is 32.1. The van der Waals surface area contributed by atoms with Crippen molar-refractivity contribution in [3.8, 4) is 0 Å². The molecular weight excluding hydrogens is 256 g/mol. The summed E-state index contributed by atoms with van der Waals surface area (Å²) in [5, 5.41) is 4.46. The maximum Gasteiger partial charge on any atom is 0.189 e. The topological polar surface area (TPSA) is 63.3 Å². The Morgan fingerprint density at radius 1 is 1.32 bits per heavy atom. The molecule has 0 unspecified atom stereocenters. The summed E-state index contributed by atoms with van der Waals surface area (Å²) in [4.78, 5) is 10.1. The van der Waals surface area contributed by atoms with Crippen molar-refractivity contribution in [3.63, 3.8) is 0 Å². The normalized spacial score (nSPS) is 18.3. The van der Waals surface area contributed by atoms with Gasteiger partial charge in [-0.25, -0.2) is 9.98 Å². The molecular formula is C14H24N4S. The summed E-state index contributed by atoms with van der Waals surface area (Å²) in [5.41, 5.74) is 7.06. The summed E-state index contributed by atoms with van der Waals surface area (Å²) < 4.78 is 0. The quantitative estimate of drug-likeness (QED) is 0.508. The van der Waals surface area contributed by atoms with Crippen LogP contribution in [0.3, 0.4) is 0 Å². The molecule has 1 aliphatic rings. The van der Waals surface area contributed by atoms with Crippen LogP contribution in [0.5, 0.6) is 0 Å². The van der Waals surface area contributed by atoms with Crippen LogP contribution in [-0.4, -0.2) is 17.0 Å². The number of nitrogens with zero attached hydrogens (tertiary/aromatic N) is 2. The highest BCUT2D eigenvalue weighted by Crippen LogP contribution is 2.18. The van der Waals surface area contributed by atoms with E-state index in [-0.39, 0.29) is 0 Å². The number of guanidine groups is 1. The molecule has 0 aromatic carbocycles. The van der Waals surface area contributed by atoms with E-state index in [1.165, 1.54) is 43.4 Å². The Kier molecular flexibility index (Phi) is 5.19. The molecule has 0 atom stereocenters. The van der Waals surface area contributed by atoms with Crippen molar-refractivity contribution in [3.05, 3.63) is 15.6 Å². The van der Waals surface area contributed by atoms with Crippen LogP contribution in [0, 0.1) is 13.8 Å². The highest BCUT2D eigenvalue weighted by Gasteiger charge is 2.12. The van der Waals surface area contributed by atoms with E-state index in [2.05, 4.69) is 15.3 Å². The molecule has 0 saturated heterocycles. The van der Waals surface area contributed by atoms with Crippen molar-refractivity contribution < 1.29 is 0 Å². The van der Waals surface area contributed by atoms with Crippen LogP contribution in [0.1, 0.15) is 54.1 Å². The SMILES string of the molecule is Cc1nc(C)c(CN=C(N)NC2CCCCCC2)s1. The van der Waals surface area contributed by atoms with E-state index in [1.807, 2.05) is 13.8 Å². The van der Waals surface area contributed by atoms with Crippen molar-refractivity contribution in [1.29, 1.82) is 0 Å². The number of hydrogen-bond donors (Lipinski definition) is 2. The fraction of sp³-hybridized carbons (Fsp3) is 0.714. The maximum atomic E-state index is 5.98. The van der Waals surface area contributed by atoms with Crippen molar-refractivity contribution in [2.24, 2.45) is 10.7 Å². The monoisotopic (exact) mass is 280 g/mol. The van der Waals surface area contributed by atoms with Gasteiger partial charge in [-0.1, -0.05) is 25.7 Å². The number of nitrogens with two attached hydrogens (primary N) is 1. The first-order chi connectivity index (χ1) is 9.15. The fourth-order valence-corrected chi connectivity index (χ4v) is 3.42. The molecule has 1 aliphatic carbocycles. The summed E-state index contributed by atoms with van der Waals surface area (Å²) >= 11 is 1.70. The van der Waals surface area contributed by atoms with E-state index >= 15 is 0 Å². The van der Waals surface area contributed by atoms with Crippen LogP contribution >= 0.6 is 11.3 Å². The number of aliphatic imine (C=N–C) groups is 1. The second-order valence-electron chi connectivity index (χ2n) is 5.28. The average Bonchev–Trinajstić information content (AvgIpc) is 2.56. The lowest BCUT2D eigenvalue weighted by Crippen LogP contribution is -2.39. The zero-order valence-corrected chi connectivity index (χ0v) is 12.7. The lowest BCUT2D eigenvalue weighted by molar-refractivity contribution is 0.530. The number of aryl methyl sites for hydroxylation is 2. The van der Waals surface area contributed by atoms with E-state index in [9.17, 15) is 0 Å². The minimum atomic E-state index is 0.510. The largest absolute Gasteiger partial charge is 0.370 e. The minimum absolute atomic E-state index is 0.510. The van der Waals surface area contributed by atoms with Crippen molar-refractivity contribution >= 4 is 17.3 Å². The molecule has 1 aromatic heterocycles. The molecule has 19 heavy (non-hydrogen) atoms. The molecule has 0 spiro atoms. The fourth-order valence-electron chi connectivity index (χ4n) is 2.56. The van der Waals surface area contributed by atoms with E-state index in [4.69, 9.17) is 5.73 Å². The van der Waals surface area contributed by atoms with Gasteiger partial charge in [0.05, 0.1) is 17.2 Å². The van der Waals surface area contributed by atoms with Gasteiger partial charge >= 0.3 is 0 Å². The lowest BCUT2D eigenvalue weighted by Gasteiger charge is -2.16. The second-order valence-corrected chi connectivity index (χ2v) is 6.56. The van der Waals surface area contributed by atoms with Crippen molar-refractivity contribution in [2.45, 2.75) is 65.0 Å². The molecule has 0 aliphatic heterocycles. The molecule has 1 saturated carbocycles. The number of thiazole rings is 1. The summed E-state index contributed by atoms with van der Waals surface area (Å²) in [6, 6.07) is 0.510. The highest BCUT2D eigenvalue weighted by molar-refractivity contribution is 7.11. The molecule has 0 radical (unpaired) electrons. The van der Waals surface area contributed by atoms with E-state index < -0.39 is 0 Å². The van der Waals surface area contributed by atoms with Crippen LogP contribution in [0.15, 0.2) is 4.99 Å². The Labute approximate surface area is 119 Å². The molecule has 4 nitrogen and oxygen atoms in total. The molecule has 1 aromatic rings. The standard InChI is InChI=1S/C14H24N4S/c1-10-13(19-11(2)17-10)9-16-14(15)18-12-7-5-3-4-6-8-12/h12H,3-9H2,1-2H3,(H3,15,16,18). The molecule has 1 fully saturated rings. The van der Waals surface area contributed by atoms with Crippen LogP contribution in [-0.2, 0) is 6.54 Å². The van der Waals surface area contributed by atoms with Crippen LogP contribution < -0.4 is 11.1 Å². The van der Waals surface area contributed by atoms with Crippen molar-refractivity contribution in [1.82, 2.24) is 10.3 Å². The Bertz CT molecular complexity index is 431. The number of aromatic nitrogens is 1. The molecule has 1 heterocycles. The first kappa shape index (κ1) is 14.3. The maximum absolute atomic E-state index is 5.98. The summed E-state index contributed by atoms with van der Waals surface area (Å²) in [6.07, 6.45) is 7.75. The number of nitrogens with one attached hydrogen (secondary N) is 1. The Morgan fingerprint density at radius 3 is 2.58 bits per heavy atom. The summed E-state index contributed by atoms with van der Waals surface area (Å²) in [7, 11) is 0. The minimum Gasteiger partial charge on any atom is -0.370 e. The predicted octanol–water partition coefficient (Wildman–Crippen LogP) is 2.89. The van der Waals surface area contributed by atoms with Crippen molar-refractivity contribution in [2.75, 3.05) is 0 Å². The van der Waals surface area contributed by atoms with Gasteiger partial charge in [-0.15, -0.1) is 11.3 Å². The molecule has 0 amide bonds. The number of rotatable bonds is 3. The van der Waals surface area contributed by atoms with Gasteiger partial charge < -0.3 is 11.1 Å². The van der Waals surface area contributed by atoms with Gasteiger partial charge in [-0.05, 0) is 26.7 Å². The number of hydrogen-bond acceptors (Lipinski definition) is 3. The van der Waals surface area contributed by atoms with Gasteiger partial charge in [0.2, 0.25) is 0 Å². The van der Waals surface area contributed by atoms with E-state index in [0.717, 1.165) is 10.7 Å². The first-order valence-corrected chi connectivity index (χ1v) is 7.96. The van der Waals surface area contributed by atoms with Crippen LogP contribution in [0.2, 0.25) is 0 Å². The van der Waals surface area contributed by atoms with E-state index in [1.54, 1.807) is 11.3 Å².